The second-order valence-corrected chi connectivity index (χ2v) is 5.90. The van der Waals surface area contributed by atoms with Crippen molar-refractivity contribution in [2.75, 3.05) is 24.3 Å². The van der Waals surface area contributed by atoms with Gasteiger partial charge in [0.2, 0.25) is 5.95 Å². The fourth-order valence-corrected chi connectivity index (χ4v) is 2.58. The molecule has 0 bridgehead atoms. The van der Waals surface area contributed by atoms with Crippen LogP contribution in [0.25, 0.3) is 0 Å². The molecular formula is C20H22N4O2. The van der Waals surface area contributed by atoms with E-state index in [1.165, 1.54) is 0 Å². The minimum absolute atomic E-state index is 0.356. The van der Waals surface area contributed by atoms with Crippen LogP contribution in [-0.4, -0.2) is 28.7 Å². The van der Waals surface area contributed by atoms with Gasteiger partial charge in [-0.1, -0.05) is 42.0 Å². The zero-order valence-corrected chi connectivity index (χ0v) is 14.8. The minimum atomic E-state index is -0.615. The first kappa shape index (κ1) is 17.7. The molecule has 6 heteroatoms. The van der Waals surface area contributed by atoms with Gasteiger partial charge in [0.25, 0.3) is 0 Å². The Kier molecular flexibility index (Phi) is 5.66. The number of aliphatic hydroxyl groups excluding tert-OH is 1. The van der Waals surface area contributed by atoms with Gasteiger partial charge >= 0.3 is 0 Å². The van der Waals surface area contributed by atoms with Crippen molar-refractivity contribution in [3.8, 4) is 5.75 Å². The van der Waals surface area contributed by atoms with Gasteiger partial charge in [-0.05, 0) is 30.7 Å². The summed E-state index contributed by atoms with van der Waals surface area (Å²) in [5.74, 6) is 1.79. The van der Waals surface area contributed by atoms with Gasteiger partial charge in [0, 0.05) is 12.7 Å². The maximum Gasteiger partial charge on any atom is 0.229 e. The van der Waals surface area contributed by atoms with Crippen molar-refractivity contribution in [1.82, 2.24) is 9.97 Å². The van der Waals surface area contributed by atoms with Crippen LogP contribution in [0.5, 0.6) is 5.75 Å². The Balaban J connectivity index is 1.66. The van der Waals surface area contributed by atoms with Gasteiger partial charge in [0.15, 0.2) is 0 Å². The van der Waals surface area contributed by atoms with Crippen LogP contribution in [0, 0.1) is 6.92 Å². The number of nitrogens with zero attached hydrogens (tertiary/aromatic N) is 2. The van der Waals surface area contributed by atoms with Crippen LogP contribution in [0.1, 0.15) is 17.2 Å². The number of nitrogens with one attached hydrogen (secondary N) is 2. The van der Waals surface area contributed by atoms with Gasteiger partial charge in [0.05, 0.1) is 18.9 Å². The van der Waals surface area contributed by atoms with Gasteiger partial charge in [0.1, 0.15) is 11.6 Å². The Morgan fingerprint density at radius 3 is 2.77 bits per heavy atom. The molecular weight excluding hydrogens is 328 g/mol. The summed E-state index contributed by atoms with van der Waals surface area (Å²) < 4.78 is 5.32. The molecule has 0 spiro atoms. The van der Waals surface area contributed by atoms with Crippen molar-refractivity contribution in [2.45, 2.75) is 13.0 Å². The molecule has 0 fully saturated rings. The number of para-hydroxylation sites is 2. The van der Waals surface area contributed by atoms with Crippen molar-refractivity contribution in [2.24, 2.45) is 0 Å². The molecule has 2 aromatic carbocycles. The van der Waals surface area contributed by atoms with Crippen LogP contribution in [0.2, 0.25) is 0 Å². The largest absolute Gasteiger partial charge is 0.495 e. The number of aryl methyl sites for hydroxylation is 1. The predicted molar refractivity (Wildman–Crippen MR) is 103 cm³/mol. The number of anilines is 3. The van der Waals surface area contributed by atoms with E-state index >= 15 is 0 Å². The van der Waals surface area contributed by atoms with Gasteiger partial charge in [-0.2, -0.15) is 4.98 Å². The molecule has 0 aliphatic rings. The third-order valence-electron chi connectivity index (χ3n) is 3.91. The lowest BCUT2D eigenvalue weighted by molar-refractivity contribution is 0.191. The van der Waals surface area contributed by atoms with Crippen molar-refractivity contribution in [3.63, 3.8) is 0 Å². The topological polar surface area (TPSA) is 79.3 Å². The van der Waals surface area contributed by atoms with Gasteiger partial charge in [-0.15, -0.1) is 0 Å². The third kappa shape index (κ3) is 4.49. The number of ether oxygens (including phenoxy) is 1. The molecule has 0 saturated carbocycles. The Bertz CT molecular complexity index is 870. The normalized spacial score (nSPS) is 11.7. The van der Waals surface area contributed by atoms with Crippen molar-refractivity contribution in [1.29, 1.82) is 0 Å². The third-order valence-corrected chi connectivity index (χ3v) is 3.91. The van der Waals surface area contributed by atoms with Crippen LogP contribution < -0.4 is 15.4 Å². The van der Waals surface area contributed by atoms with E-state index in [0.29, 0.717) is 24.1 Å². The van der Waals surface area contributed by atoms with E-state index in [2.05, 4.69) is 20.6 Å². The summed E-state index contributed by atoms with van der Waals surface area (Å²) >= 11 is 0. The Morgan fingerprint density at radius 1 is 1.12 bits per heavy atom. The highest BCUT2D eigenvalue weighted by Gasteiger charge is 2.09. The molecule has 3 N–H and O–H groups in total. The number of benzene rings is 2. The minimum Gasteiger partial charge on any atom is -0.495 e. The second-order valence-electron chi connectivity index (χ2n) is 5.90. The summed E-state index contributed by atoms with van der Waals surface area (Å²) in [4.78, 5) is 8.65. The zero-order chi connectivity index (χ0) is 18.4. The summed E-state index contributed by atoms with van der Waals surface area (Å²) in [5, 5.41) is 16.6. The molecule has 26 heavy (non-hydrogen) atoms. The second kappa shape index (κ2) is 8.31. The molecule has 1 atom stereocenters. The monoisotopic (exact) mass is 350 g/mol. The number of hydrogen-bond acceptors (Lipinski definition) is 6. The smallest absolute Gasteiger partial charge is 0.229 e. The fraction of sp³-hybridized carbons (Fsp3) is 0.200. The summed E-state index contributed by atoms with van der Waals surface area (Å²) in [6.07, 6.45) is 1.04. The average Bonchev–Trinajstić information content (AvgIpc) is 2.67. The first-order chi connectivity index (χ1) is 12.7. The van der Waals surface area contributed by atoms with Gasteiger partial charge in [-0.3, -0.25) is 0 Å². The maximum absolute atomic E-state index is 10.3. The lowest BCUT2D eigenvalue weighted by Crippen LogP contribution is -2.13. The molecule has 3 rings (SSSR count). The molecule has 0 radical (unpaired) electrons. The van der Waals surface area contributed by atoms with E-state index in [1.54, 1.807) is 19.4 Å². The van der Waals surface area contributed by atoms with Gasteiger partial charge in [-0.25, -0.2) is 4.98 Å². The quantitative estimate of drug-likeness (QED) is 0.603. The summed E-state index contributed by atoms with van der Waals surface area (Å²) in [6.45, 7) is 2.36. The van der Waals surface area contributed by atoms with E-state index < -0.39 is 6.10 Å². The van der Waals surface area contributed by atoms with E-state index in [1.807, 2.05) is 55.5 Å². The first-order valence-corrected chi connectivity index (χ1v) is 8.37. The van der Waals surface area contributed by atoms with E-state index in [-0.39, 0.29) is 0 Å². The molecule has 3 aromatic rings. The Hall–Kier alpha value is -3.12. The van der Waals surface area contributed by atoms with E-state index in [9.17, 15) is 5.11 Å². The number of aromatic nitrogens is 2. The highest BCUT2D eigenvalue weighted by atomic mass is 16.5. The molecule has 0 aliphatic heterocycles. The van der Waals surface area contributed by atoms with Crippen molar-refractivity contribution in [3.05, 3.63) is 71.9 Å². The SMILES string of the molecule is COc1ccccc1Nc1nccc(NCC(O)c2cccc(C)c2)n1. The van der Waals surface area contributed by atoms with Crippen molar-refractivity contribution >= 4 is 17.5 Å². The maximum atomic E-state index is 10.3. The molecule has 0 saturated heterocycles. The highest BCUT2D eigenvalue weighted by Crippen LogP contribution is 2.25. The zero-order valence-electron chi connectivity index (χ0n) is 14.8. The fourth-order valence-electron chi connectivity index (χ4n) is 2.58. The molecule has 0 aliphatic carbocycles. The Labute approximate surface area is 152 Å². The number of hydrogen-bond donors (Lipinski definition) is 3. The van der Waals surface area contributed by atoms with Crippen molar-refractivity contribution < 1.29 is 9.84 Å². The molecule has 0 amide bonds. The Morgan fingerprint density at radius 2 is 1.96 bits per heavy atom. The number of rotatable bonds is 7. The highest BCUT2D eigenvalue weighted by molar-refractivity contribution is 5.62. The number of aliphatic hydroxyl groups is 1. The van der Waals surface area contributed by atoms with Crippen LogP contribution in [0.4, 0.5) is 17.5 Å². The summed E-state index contributed by atoms with van der Waals surface area (Å²) in [5.41, 5.74) is 2.78. The summed E-state index contributed by atoms with van der Waals surface area (Å²) in [7, 11) is 1.62. The molecule has 134 valence electrons. The van der Waals surface area contributed by atoms with Crippen LogP contribution in [0.3, 0.4) is 0 Å². The molecule has 1 unspecified atom stereocenters. The lowest BCUT2D eigenvalue weighted by Gasteiger charge is -2.14. The van der Waals surface area contributed by atoms with Crippen LogP contribution in [0.15, 0.2) is 60.8 Å². The predicted octanol–water partition coefficient (Wildman–Crippen LogP) is 3.68. The van der Waals surface area contributed by atoms with Crippen LogP contribution >= 0.6 is 0 Å². The van der Waals surface area contributed by atoms with E-state index in [4.69, 9.17) is 4.74 Å². The lowest BCUT2D eigenvalue weighted by atomic mass is 10.1. The number of methoxy groups -OCH3 is 1. The first-order valence-electron chi connectivity index (χ1n) is 8.37. The molecule has 1 heterocycles. The standard InChI is InChI=1S/C20H22N4O2/c1-14-6-5-7-15(12-14)17(25)13-22-19-10-11-21-20(24-19)23-16-8-3-4-9-18(16)26-2/h3-12,17,25H,13H2,1-2H3,(H2,21,22,23,24). The molecule has 1 aromatic heterocycles. The average molecular weight is 350 g/mol. The van der Waals surface area contributed by atoms with E-state index in [0.717, 1.165) is 16.8 Å². The van der Waals surface area contributed by atoms with Crippen LogP contribution in [-0.2, 0) is 0 Å². The van der Waals surface area contributed by atoms with Gasteiger partial charge < -0.3 is 20.5 Å². The molecule has 6 nitrogen and oxygen atoms in total. The summed E-state index contributed by atoms with van der Waals surface area (Å²) in [6, 6.07) is 17.1.